The average molecular weight is 385 g/mol. The first-order valence-electron chi connectivity index (χ1n) is 7.18. The number of hydrogen-bond donors (Lipinski definition) is 2. The van der Waals surface area contributed by atoms with Gasteiger partial charge in [-0.25, -0.2) is 22.9 Å². The number of imidazole rings is 1. The lowest BCUT2D eigenvalue weighted by molar-refractivity contribution is 0.144. The zero-order valence-corrected chi connectivity index (χ0v) is 14.5. The Balaban J connectivity index is 2.03. The SMILES string of the molecule is CCCS(=O)(=O)c1cc2[nH]c(-n3cc(OC(=O)O)cn3)nc2cc1Cl. The molecule has 0 aliphatic heterocycles. The lowest BCUT2D eigenvalue weighted by atomic mass is 10.3. The predicted molar refractivity (Wildman–Crippen MR) is 89.2 cm³/mol. The number of carboxylic acid groups (broad SMARTS) is 1. The summed E-state index contributed by atoms with van der Waals surface area (Å²) in [5.41, 5.74) is 0.914. The number of rotatable bonds is 5. The molecule has 25 heavy (non-hydrogen) atoms. The van der Waals surface area contributed by atoms with Gasteiger partial charge in [-0.1, -0.05) is 18.5 Å². The van der Waals surface area contributed by atoms with Gasteiger partial charge in [0.25, 0.3) is 0 Å². The third kappa shape index (κ3) is 3.44. The molecular weight excluding hydrogens is 372 g/mol. The van der Waals surface area contributed by atoms with Gasteiger partial charge in [-0.05, 0) is 18.6 Å². The number of sulfone groups is 1. The second-order valence-corrected chi connectivity index (χ2v) is 7.65. The molecular formula is C14H13ClN4O5S. The highest BCUT2D eigenvalue weighted by Crippen LogP contribution is 2.28. The van der Waals surface area contributed by atoms with Gasteiger partial charge in [0.1, 0.15) is 0 Å². The Kier molecular flexibility index (Phi) is 4.39. The van der Waals surface area contributed by atoms with Crippen molar-refractivity contribution in [1.29, 1.82) is 0 Å². The van der Waals surface area contributed by atoms with Crippen LogP contribution in [0, 0.1) is 0 Å². The molecule has 3 rings (SSSR count). The molecule has 0 bridgehead atoms. The van der Waals surface area contributed by atoms with Crippen molar-refractivity contribution in [2.45, 2.75) is 18.2 Å². The number of aromatic amines is 1. The standard InChI is InChI=1S/C14H13ClN4O5S/c1-2-3-25(22,23)12-5-11-10(4-9(12)15)17-13(18-11)19-7-8(6-16-19)24-14(20)21/h4-7H,2-3H2,1H3,(H,17,18)(H,20,21). The summed E-state index contributed by atoms with van der Waals surface area (Å²) in [6.45, 7) is 1.77. The van der Waals surface area contributed by atoms with Crippen LogP contribution in [0.4, 0.5) is 4.79 Å². The minimum atomic E-state index is -3.48. The molecule has 0 saturated heterocycles. The fourth-order valence-electron chi connectivity index (χ4n) is 2.30. The fourth-order valence-corrected chi connectivity index (χ4v) is 4.22. The molecule has 0 spiro atoms. The van der Waals surface area contributed by atoms with E-state index in [9.17, 15) is 13.2 Å². The molecule has 132 valence electrons. The van der Waals surface area contributed by atoms with Crippen molar-refractivity contribution in [2.24, 2.45) is 0 Å². The van der Waals surface area contributed by atoms with Crippen molar-refractivity contribution in [2.75, 3.05) is 5.75 Å². The van der Waals surface area contributed by atoms with Crippen LogP contribution in [0.5, 0.6) is 5.75 Å². The summed E-state index contributed by atoms with van der Waals surface area (Å²) in [7, 11) is -3.48. The molecule has 0 aliphatic carbocycles. The highest BCUT2D eigenvalue weighted by atomic mass is 35.5. The number of carbonyl (C=O) groups is 1. The van der Waals surface area contributed by atoms with Gasteiger partial charge in [-0.15, -0.1) is 0 Å². The Morgan fingerprint density at radius 3 is 2.88 bits per heavy atom. The number of benzene rings is 1. The second-order valence-electron chi connectivity index (χ2n) is 5.17. The molecule has 2 N–H and O–H groups in total. The zero-order chi connectivity index (χ0) is 18.2. The van der Waals surface area contributed by atoms with Gasteiger partial charge in [0.05, 0.1) is 39.1 Å². The van der Waals surface area contributed by atoms with Crippen LogP contribution >= 0.6 is 11.6 Å². The molecule has 0 aliphatic rings. The van der Waals surface area contributed by atoms with E-state index in [1.54, 1.807) is 6.92 Å². The maximum Gasteiger partial charge on any atom is 0.511 e. The Labute approximate surface area is 147 Å². The third-order valence-electron chi connectivity index (χ3n) is 3.31. The van der Waals surface area contributed by atoms with E-state index in [1.165, 1.54) is 29.2 Å². The molecule has 0 fully saturated rings. The maximum atomic E-state index is 12.3. The van der Waals surface area contributed by atoms with Crippen molar-refractivity contribution < 1.29 is 23.1 Å². The summed E-state index contributed by atoms with van der Waals surface area (Å²) in [6, 6.07) is 2.88. The van der Waals surface area contributed by atoms with Gasteiger partial charge in [0.2, 0.25) is 5.95 Å². The highest BCUT2D eigenvalue weighted by Gasteiger charge is 2.19. The first-order chi connectivity index (χ1) is 11.8. The zero-order valence-electron chi connectivity index (χ0n) is 12.9. The molecule has 2 heterocycles. The lowest BCUT2D eigenvalue weighted by Gasteiger charge is -2.05. The van der Waals surface area contributed by atoms with Gasteiger partial charge < -0.3 is 14.8 Å². The van der Waals surface area contributed by atoms with E-state index in [0.29, 0.717) is 17.5 Å². The van der Waals surface area contributed by atoms with Gasteiger partial charge in [0.15, 0.2) is 15.6 Å². The molecule has 3 aromatic rings. The molecule has 0 unspecified atom stereocenters. The monoisotopic (exact) mass is 384 g/mol. The van der Waals surface area contributed by atoms with E-state index in [-0.39, 0.29) is 27.4 Å². The average Bonchev–Trinajstić information content (AvgIpc) is 3.11. The summed E-state index contributed by atoms with van der Waals surface area (Å²) < 4.78 is 30.3. The van der Waals surface area contributed by atoms with Gasteiger partial charge in [-0.3, -0.25) is 0 Å². The largest absolute Gasteiger partial charge is 0.511 e. The minimum Gasteiger partial charge on any atom is -0.449 e. The predicted octanol–water partition coefficient (Wildman–Crippen LogP) is 2.64. The molecule has 0 radical (unpaired) electrons. The van der Waals surface area contributed by atoms with Crippen LogP contribution < -0.4 is 4.74 Å². The summed E-state index contributed by atoms with van der Waals surface area (Å²) in [5.74, 6) is 0.280. The Morgan fingerprint density at radius 1 is 1.44 bits per heavy atom. The minimum absolute atomic E-state index is 0.00569. The summed E-state index contributed by atoms with van der Waals surface area (Å²) >= 11 is 6.10. The molecule has 9 nitrogen and oxygen atoms in total. The van der Waals surface area contributed by atoms with Crippen molar-refractivity contribution in [3.05, 3.63) is 29.5 Å². The number of H-pyrrole nitrogens is 1. The maximum absolute atomic E-state index is 12.3. The smallest absolute Gasteiger partial charge is 0.449 e. The van der Waals surface area contributed by atoms with E-state index in [4.69, 9.17) is 16.7 Å². The quantitative estimate of drug-likeness (QED) is 0.647. The molecule has 2 aromatic heterocycles. The van der Waals surface area contributed by atoms with E-state index in [1.807, 2.05) is 0 Å². The van der Waals surface area contributed by atoms with Gasteiger partial charge in [-0.2, -0.15) is 5.10 Å². The normalized spacial score (nSPS) is 11.8. The molecule has 0 saturated carbocycles. The summed E-state index contributed by atoms with van der Waals surface area (Å²) in [4.78, 5) is 17.8. The lowest BCUT2D eigenvalue weighted by Crippen LogP contribution is -2.06. The third-order valence-corrected chi connectivity index (χ3v) is 5.69. The number of ether oxygens (including phenoxy) is 1. The number of nitrogens with one attached hydrogen (secondary N) is 1. The first kappa shape index (κ1) is 17.2. The van der Waals surface area contributed by atoms with Crippen LogP contribution in [-0.2, 0) is 9.84 Å². The molecule has 1 aromatic carbocycles. The van der Waals surface area contributed by atoms with Crippen LogP contribution in [0.25, 0.3) is 17.0 Å². The molecule has 0 atom stereocenters. The van der Waals surface area contributed by atoms with Crippen molar-refractivity contribution in [1.82, 2.24) is 19.7 Å². The first-order valence-corrected chi connectivity index (χ1v) is 9.21. The van der Waals surface area contributed by atoms with Crippen LogP contribution in [0.2, 0.25) is 5.02 Å². The Hall–Kier alpha value is -2.59. The second kappa shape index (κ2) is 6.37. The van der Waals surface area contributed by atoms with E-state index >= 15 is 0 Å². The topological polar surface area (TPSA) is 127 Å². The van der Waals surface area contributed by atoms with Gasteiger partial charge >= 0.3 is 6.16 Å². The van der Waals surface area contributed by atoms with E-state index in [2.05, 4.69) is 19.8 Å². The van der Waals surface area contributed by atoms with E-state index < -0.39 is 16.0 Å². The highest BCUT2D eigenvalue weighted by molar-refractivity contribution is 7.91. The number of nitrogens with zero attached hydrogens (tertiary/aromatic N) is 3. The molecule has 0 amide bonds. The number of hydrogen-bond acceptors (Lipinski definition) is 6. The summed E-state index contributed by atoms with van der Waals surface area (Å²) in [6.07, 6.45) is 1.56. The van der Waals surface area contributed by atoms with Crippen molar-refractivity contribution in [3.63, 3.8) is 0 Å². The fraction of sp³-hybridized carbons (Fsp3) is 0.214. The number of aromatic nitrogens is 4. The number of fused-ring (bicyclic) bond motifs is 1. The van der Waals surface area contributed by atoms with Crippen molar-refractivity contribution in [3.8, 4) is 11.7 Å². The van der Waals surface area contributed by atoms with Gasteiger partial charge in [0, 0.05) is 0 Å². The van der Waals surface area contributed by atoms with Crippen LogP contribution in [0.15, 0.2) is 29.4 Å². The Bertz CT molecular complexity index is 1060. The number of halogens is 1. The molecule has 11 heteroatoms. The van der Waals surface area contributed by atoms with Crippen LogP contribution in [-0.4, -0.2) is 45.2 Å². The van der Waals surface area contributed by atoms with Crippen molar-refractivity contribution >= 4 is 38.6 Å². The Morgan fingerprint density at radius 2 is 2.20 bits per heavy atom. The van der Waals surface area contributed by atoms with Crippen LogP contribution in [0.3, 0.4) is 0 Å². The summed E-state index contributed by atoms with van der Waals surface area (Å²) in [5, 5.41) is 12.6. The van der Waals surface area contributed by atoms with E-state index in [0.717, 1.165) is 0 Å². The van der Waals surface area contributed by atoms with Crippen LogP contribution in [0.1, 0.15) is 13.3 Å².